The quantitative estimate of drug-likeness (QED) is 0.298. The lowest BCUT2D eigenvalue weighted by atomic mass is 10.1. The summed E-state index contributed by atoms with van der Waals surface area (Å²) in [6.45, 7) is 9.53. The molecule has 1 N–H and O–H groups in total. The maximum absolute atomic E-state index is 12.9. The van der Waals surface area contributed by atoms with Crippen LogP contribution in [0, 0.1) is 6.92 Å². The third-order valence-electron chi connectivity index (χ3n) is 6.43. The number of aromatic nitrogens is 3. The van der Waals surface area contributed by atoms with Crippen LogP contribution in [-0.2, 0) is 32.3 Å². The molecule has 0 radical (unpaired) electrons. The molecule has 8 nitrogen and oxygen atoms in total. The Labute approximate surface area is 232 Å². The minimum absolute atomic E-state index is 0.0334. The number of fused-ring (bicyclic) bond motifs is 1. The van der Waals surface area contributed by atoms with E-state index in [1.807, 2.05) is 73.5 Å². The van der Waals surface area contributed by atoms with E-state index in [4.69, 9.17) is 9.47 Å². The number of carbonyl (C=O) groups is 1. The van der Waals surface area contributed by atoms with Gasteiger partial charge in [-0.25, -0.2) is 0 Å². The normalized spacial score (nSPS) is 15.9. The zero-order chi connectivity index (χ0) is 28.0. The second-order valence-corrected chi connectivity index (χ2v) is 12.2. The van der Waals surface area contributed by atoms with Crippen molar-refractivity contribution < 1.29 is 18.5 Å². The van der Waals surface area contributed by atoms with Gasteiger partial charge in [-0.3, -0.25) is 13.9 Å². The zero-order valence-electron chi connectivity index (χ0n) is 23.1. The number of nitrogens with one attached hydrogen (secondary N) is 1. The highest BCUT2D eigenvalue weighted by Crippen LogP contribution is 2.33. The first-order valence-electron chi connectivity index (χ1n) is 13.0. The number of anilines is 1. The summed E-state index contributed by atoms with van der Waals surface area (Å²) in [5, 5.41) is 8.10. The molecule has 1 aliphatic rings. The van der Waals surface area contributed by atoms with Crippen molar-refractivity contribution in [3.05, 3.63) is 72.2 Å². The molecule has 2 atom stereocenters. The average molecular weight is 549 g/mol. The van der Waals surface area contributed by atoms with Crippen LogP contribution in [-0.4, -0.2) is 50.8 Å². The minimum atomic E-state index is -1.12. The van der Waals surface area contributed by atoms with E-state index in [9.17, 15) is 9.00 Å². The predicted octanol–water partition coefficient (Wildman–Crippen LogP) is 5.65. The van der Waals surface area contributed by atoms with Crippen LogP contribution >= 0.6 is 0 Å². The summed E-state index contributed by atoms with van der Waals surface area (Å²) in [6, 6.07) is 13.2. The molecule has 9 heteroatoms. The molecular weight excluding hydrogens is 512 g/mol. The predicted molar refractivity (Wildman–Crippen MR) is 155 cm³/mol. The van der Waals surface area contributed by atoms with Gasteiger partial charge in [0.05, 0.1) is 45.6 Å². The number of pyridine rings is 1. The molecule has 1 saturated heterocycles. The fraction of sp³-hybridized carbons (Fsp3) is 0.367. The fourth-order valence-corrected chi connectivity index (χ4v) is 5.53. The van der Waals surface area contributed by atoms with Gasteiger partial charge in [0.15, 0.2) is 0 Å². The summed E-state index contributed by atoms with van der Waals surface area (Å²) < 4.78 is 26.3. The van der Waals surface area contributed by atoms with Gasteiger partial charge in [-0.15, -0.1) is 0 Å². The molecule has 2 aromatic carbocycles. The summed E-state index contributed by atoms with van der Waals surface area (Å²) in [6.07, 6.45) is 7.62. The van der Waals surface area contributed by atoms with E-state index in [2.05, 4.69) is 36.2 Å². The van der Waals surface area contributed by atoms with Crippen molar-refractivity contribution in [1.29, 1.82) is 0 Å². The van der Waals surface area contributed by atoms with Gasteiger partial charge in [-0.2, -0.15) is 5.10 Å². The second-order valence-electron chi connectivity index (χ2n) is 10.4. The summed E-state index contributed by atoms with van der Waals surface area (Å²) in [7, 11) is 0.772. The highest BCUT2D eigenvalue weighted by atomic mass is 32.2. The molecule has 1 fully saturated rings. The van der Waals surface area contributed by atoms with Crippen LogP contribution in [0.15, 0.2) is 66.0 Å². The lowest BCUT2D eigenvalue weighted by Gasteiger charge is -2.18. The first-order chi connectivity index (χ1) is 18.7. The molecule has 0 aliphatic carbocycles. The number of rotatable bonds is 7. The number of nitrogens with zero attached hydrogens (tertiary/aromatic N) is 3. The zero-order valence-corrected chi connectivity index (χ0v) is 24.0. The Morgan fingerprint density at radius 2 is 2.00 bits per heavy atom. The van der Waals surface area contributed by atoms with Crippen molar-refractivity contribution in [1.82, 2.24) is 14.8 Å². The maximum Gasteiger partial charge on any atom is 0.138 e. The Balaban J connectivity index is 0.000000270. The SMILES string of the molecule is CNc1cnn(C(C)(C)C)c1.Cc1cc(CC=O)ccc1Oc1ccnc2ccc(S(=O)C3CCOC3)cc12. The lowest BCUT2D eigenvalue weighted by Crippen LogP contribution is -2.21. The second kappa shape index (κ2) is 12.5. The van der Waals surface area contributed by atoms with Crippen molar-refractivity contribution in [2.75, 3.05) is 25.6 Å². The number of benzene rings is 2. The minimum Gasteiger partial charge on any atom is -0.456 e. The van der Waals surface area contributed by atoms with Crippen molar-refractivity contribution >= 4 is 33.7 Å². The van der Waals surface area contributed by atoms with E-state index in [0.29, 0.717) is 25.4 Å². The molecule has 2 unspecified atom stereocenters. The van der Waals surface area contributed by atoms with E-state index in [1.54, 1.807) is 6.20 Å². The Hall–Kier alpha value is -3.56. The number of aldehydes is 1. The van der Waals surface area contributed by atoms with Crippen molar-refractivity contribution in [2.45, 2.75) is 56.2 Å². The summed E-state index contributed by atoms with van der Waals surface area (Å²) >= 11 is 0. The monoisotopic (exact) mass is 548 g/mol. The van der Waals surface area contributed by atoms with Crippen LogP contribution in [0.5, 0.6) is 11.5 Å². The molecule has 1 aliphatic heterocycles. The molecule has 0 saturated carbocycles. The molecular formula is C30H36N4O4S. The lowest BCUT2D eigenvalue weighted by molar-refractivity contribution is -0.107. The van der Waals surface area contributed by atoms with Crippen LogP contribution in [0.1, 0.15) is 38.3 Å². The van der Waals surface area contributed by atoms with Gasteiger partial charge < -0.3 is 19.6 Å². The molecule has 4 aromatic rings. The molecule has 0 bridgehead atoms. The van der Waals surface area contributed by atoms with E-state index < -0.39 is 10.8 Å². The summed E-state index contributed by atoms with van der Waals surface area (Å²) in [4.78, 5) is 15.9. The standard InChI is InChI=1S/C22H21NO4S.C8H15N3/c1-15-12-16(7-10-24)2-5-21(15)27-22-6-9-23-20-4-3-17(13-19(20)22)28(25)18-8-11-26-14-18;1-8(2,3)11-6-7(9-4)5-10-11/h2-6,9-10,12-13,18H,7-8,11,14H2,1H3;5-6,9H,1-4H3. The van der Waals surface area contributed by atoms with E-state index in [1.165, 1.54) is 0 Å². The van der Waals surface area contributed by atoms with Crippen molar-refractivity contribution in [3.8, 4) is 11.5 Å². The van der Waals surface area contributed by atoms with Crippen LogP contribution in [0.25, 0.3) is 10.9 Å². The summed E-state index contributed by atoms with van der Waals surface area (Å²) in [5.74, 6) is 1.38. The molecule has 0 amide bonds. The van der Waals surface area contributed by atoms with Gasteiger partial charge in [0.2, 0.25) is 0 Å². The van der Waals surface area contributed by atoms with Crippen LogP contribution in [0.3, 0.4) is 0 Å². The van der Waals surface area contributed by atoms with Gasteiger partial charge in [-0.1, -0.05) is 12.1 Å². The number of hydrogen-bond donors (Lipinski definition) is 1. The van der Waals surface area contributed by atoms with Gasteiger partial charge >= 0.3 is 0 Å². The first kappa shape index (κ1) is 28.4. The Morgan fingerprint density at radius 1 is 1.18 bits per heavy atom. The van der Waals surface area contributed by atoms with E-state index in [-0.39, 0.29) is 10.8 Å². The van der Waals surface area contributed by atoms with Crippen LogP contribution < -0.4 is 10.1 Å². The topological polar surface area (TPSA) is 95.3 Å². The molecule has 5 rings (SSSR count). The van der Waals surface area contributed by atoms with Crippen molar-refractivity contribution in [2.24, 2.45) is 0 Å². The number of ether oxygens (including phenoxy) is 2. The van der Waals surface area contributed by atoms with Gasteiger partial charge in [-0.05, 0) is 75.6 Å². The van der Waals surface area contributed by atoms with Gasteiger partial charge in [0.25, 0.3) is 0 Å². The van der Waals surface area contributed by atoms with E-state index in [0.717, 1.165) is 51.1 Å². The molecule has 3 heterocycles. The molecule has 206 valence electrons. The van der Waals surface area contributed by atoms with Gasteiger partial charge in [0, 0.05) is 42.8 Å². The maximum atomic E-state index is 12.9. The molecule has 2 aromatic heterocycles. The third kappa shape index (κ3) is 7.10. The number of carbonyl (C=O) groups excluding carboxylic acids is 1. The Kier molecular flexibility index (Phi) is 9.14. The highest BCUT2D eigenvalue weighted by molar-refractivity contribution is 7.85. The molecule has 39 heavy (non-hydrogen) atoms. The number of hydrogen-bond acceptors (Lipinski definition) is 7. The Morgan fingerprint density at radius 3 is 2.62 bits per heavy atom. The van der Waals surface area contributed by atoms with Crippen LogP contribution in [0.4, 0.5) is 5.69 Å². The molecule has 0 spiro atoms. The summed E-state index contributed by atoms with van der Waals surface area (Å²) in [5.41, 5.74) is 3.83. The van der Waals surface area contributed by atoms with Crippen molar-refractivity contribution in [3.63, 3.8) is 0 Å². The third-order valence-corrected chi connectivity index (χ3v) is 8.13. The average Bonchev–Trinajstić information content (AvgIpc) is 3.63. The fourth-order valence-electron chi connectivity index (χ4n) is 4.17. The van der Waals surface area contributed by atoms with Gasteiger partial charge in [0.1, 0.15) is 17.8 Å². The number of aryl methyl sites for hydroxylation is 1. The largest absolute Gasteiger partial charge is 0.456 e. The highest BCUT2D eigenvalue weighted by Gasteiger charge is 2.24. The van der Waals surface area contributed by atoms with Crippen LogP contribution in [0.2, 0.25) is 0 Å². The Bertz CT molecular complexity index is 1460. The smallest absolute Gasteiger partial charge is 0.138 e. The van der Waals surface area contributed by atoms with E-state index >= 15 is 0 Å². The first-order valence-corrected chi connectivity index (χ1v) is 14.2.